The Morgan fingerprint density at radius 2 is 1.89 bits per heavy atom. The number of benzene rings is 1. The number of hydrazone groups is 1. The van der Waals surface area contributed by atoms with Crippen LogP contribution in [0, 0.1) is 19.3 Å². The number of aliphatic imine (C=N–C) groups is 1. The number of carbonyl (C=O) groups excluding carboxylic acids is 2. The largest absolute Gasteiger partial charge is 0.344 e. The van der Waals surface area contributed by atoms with E-state index in [0.29, 0.717) is 10.2 Å². The maximum atomic E-state index is 12.9. The van der Waals surface area contributed by atoms with Gasteiger partial charge in [-0.05, 0) is 68.1 Å². The minimum atomic E-state index is -0.458. The smallest absolute Gasteiger partial charge is 0.283 e. The van der Waals surface area contributed by atoms with Crippen molar-refractivity contribution in [3.63, 3.8) is 0 Å². The first-order valence-electron chi connectivity index (χ1n) is 11.9. The zero-order valence-electron chi connectivity index (χ0n) is 20.0. The highest BCUT2D eigenvalue weighted by Gasteiger charge is 2.36. The van der Waals surface area contributed by atoms with Crippen molar-refractivity contribution in [1.29, 1.82) is 5.41 Å². The number of piperidine rings is 1. The molecule has 0 aliphatic carbocycles. The van der Waals surface area contributed by atoms with Crippen LogP contribution in [0.15, 0.2) is 52.1 Å². The summed E-state index contributed by atoms with van der Waals surface area (Å²) >= 11 is 1.20. The molecule has 1 aromatic heterocycles. The number of hydrogen-bond donors (Lipinski definition) is 1. The van der Waals surface area contributed by atoms with Gasteiger partial charge in [0, 0.05) is 31.0 Å². The Hall–Kier alpha value is -3.46. The summed E-state index contributed by atoms with van der Waals surface area (Å²) in [4.78, 5) is 31.6. The molecule has 1 fully saturated rings. The molecule has 8 nitrogen and oxygen atoms in total. The monoisotopic (exact) mass is 488 g/mol. The van der Waals surface area contributed by atoms with Crippen LogP contribution in [-0.4, -0.2) is 55.4 Å². The van der Waals surface area contributed by atoms with E-state index in [9.17, 15) is 9.59 Å². The summed E-state index contributed by atoms with van der Waals surface area (Å²) in [6, 6.07) is 12.2. The molecule has 1 saturated heterocycles. The average Bonchev–Trinajstić information content (AvgIpc) is 3.38. The van der Waals surface area contributed by atoms with Crippen LogP contribution in [0.3, 0.4) is 0 Å². The van der Waals surface area contributed by atoms with E-state index in [1.165, 1.54) is 22.3 Å². The van der Waals surface area contributed by atoms with Crippen molar-refractivity contribution in [2.75, 3.05) is 13.1 Å². The van der Waals surface area contributed by atoms with Crippen molar-refractivity contribution < 1.29 is 9.59 Å². The minimum Gasteiger partial charge on any atom is -0.344 e. The number of carbonyl (C=O) groups is 2. The molecule has 3 aliphatic rings. The minimum absolute atomic E-state index is 0.0132. The summed E-state index contributed by atoms with van der Waals surface area (Å²) in [7, 11) is 0. The van der Waals surface area contributed by atoms with E-state index in [4.69, 9.17) is 5.41 Å². The molecule has 180 valence electrons. The van der Waals surface area contributed by atoms with Crippen molar-refractivity contribution in [3.05, 3.63) is 64.5 Å². The van der Waals surface area contributed by atoms with Gasteiger partial charge >= 0.3 is 0 Å². The first-order valence-corrected chi connectivity index (χ1v) is 12.7. The Balaban J connectivity index is 1.36. The molecule has 3 aliphatic heterocycles. The fraction of sp³-hybridized carbons (Fsp3) is 0.346. The van der Waals surface area contributed by atoms with Crippen LogP contribution in [0.25, 0.3) is 6.08 Å². The van der Waals surface area contributed by atoms with E-state index in [1.807, 2.05) is 43.0 Å². The summed E-state index contributed by atoms with van der Waals surface area (Å²) in [5.74, 6) is -0.433. The van der Waals surface area contributed by atoms with Gasteiger partial charge in [0.05, 0.1) is 12.0 Å². The Labute approximate surface area is 208 Å². The second-order valence-corrected chi connectivity index (χ2v) is 10.1. The molecule has 0 unspecified atom stereocenters. The number of aryl methyl sites for hydroxylation is 1. The van der Waals surface area contributed by atoms with Gasteiger partial charge in [-0.15, -0.1) is 0 Å². The topological polar surface area (TPSA) is 94.1 Å². The molecule has 5 rings (SSSR count). The molecule has 1 N–H and O–H groups in total. The van der Waals surface area contributed by atoms with Gasteiger partial charge < -0.3 is 9.47 Å². The van der Waals surface area contributed by atoms with E-state index in [-0.39, 0.29) is 23.7 Å². The number of amides is 2. The Kier molecular flexibility index (Phi) is 6.42. The predicted molar refractivity (Wildman–Crippen MR) is 140 cm³/mol. The molecule has 0 radical (unpaired) electrons. The van der Waals surface area contributed by atoms with Crippen molar-refractivity contribution in [2.24, 2.45) is 10.1 Å². The van der Waals surface area contributed by atoms with Gasteiger partial charge in [-0.3, -0.25) is 15.0 Å². The van der Waals surface area contributed by atoms with Crippen LogP contribution in [0.4, 0.5) is 0 Å². The van der Waals surface area contributed by atoms with Crippen molar-refractivity contribution in [3.8, 4) is 0 Å². The summed E-state index contributed by atoms with van der Waals surface area (Å²) in [5.41, 5.74) is 4.36. The van der Waals surface area contributed by atoms with Gasteiger partial charge in [-0.1, -0.05) is 30.3 Å². The number of rotatable bonds is 5. The highest BCUT2D eigenvalue weighted by molar-refractivity contribution is 8.27. The molecule has 0 atom stereocenters. The molecule has 0 spiro atoms. The van der Waals surface area contributed by atoms with Crippen LogP contribution in [0.5, 0.6) is 0 Å². The molecule has 0 bridgehead atoms. The van der Waals surface area contributed by atoms with E-state index in [0.717, 1.165) is 55.8 Å². The van der Waals surface area contributed by atoms with Crippen LogP contribution in [0.2, 0.25) is 0 Å². The fourth-order valence-electron chi connectivity index (χ4n) is 4.63. The number of thioether (sulfide) groups is 1. The molecular weight excluding hydrogens is 460 g/mol. The number of fused-ring (bicyclic) bond motifs is 1. The highest BCUT2D eigenvalue weighted by atomic mass is 32.2. The molecular formula is C26H28N6O2S. The first-order chi connectivity index (χ1) is 16.9. The van der Waals surface area contributed by atoms with Crippen molar-refractivity contribution >= 4 is 45.7 Å². The van der Waals surface area contributed by atoms with E-state index < -0.39 is 5.91 Å². The summed E-state index contributed by atoms with van der Waals surface area (Å²) in [6.07, 6.45) is 5.12. The lowest BCUT2D eigenvalue weighted by molar-refractivity contribution is -0.130. The van der Waals surface area contributed by atoms with Gasteiger partial charge in [0.2, 0.25) is 11.1 Å². The SMILES string of the molecule is Cc1cc(/C=C2\C(=N)N3N=C(CC(=O)N4CCCCC4)SC3=NC2=O)c(C)n1Cc1ccccc1. The maximum absolute atomic E-state index is 12.9. The second kappa shape index (κ2) is 9.65. The van der Waals surface area contributed by atoms with E-state index in [1.54, 1.807) is 6.08 Å². The second-order valence-electron chi connectivity index (χ2n) is 9.03. The molecule has 35 heavy (non-hydrogen) atoms. The lowest BCUT2D eigenvalue weighted by atomic mass is 10.1. The third-order valence-corrected chi connectivity index (χ3v) is 7.51. The summed E-state index contributed by atoms with van der Waals surface area (Å²) in [5, 5.41) is 15.4. The van der Waals surface area contributed by atoms with Gasteiger partial charge in [0.25, 0.3) is 5.91 Å². The number of amidine groups is 2. The van der Waals surface area contributed by atoms with Crippen LogP contribution >= 0.6 is 11.8 Å². The van der Waals surface area contributed by atoms with Crippen molar-refractivity contribution in [1.82, 2.24) is 14.5 Å². The van der Waals surface area contributed by atoms with E-state index >= 15 is 0 Å². The number of aromatic nitrogens is 1. The number of hydrogen-bond acceptors (Lipinski definition) is 5. The number of likely N-dealkylation sites (tertiary alicyclic amines) is 1. The van der Waals surface area contributed by atoms with E-state index in [2.05, 4.69) is 26.8 Å². The maximum Gasteiger partial charge on any atom is 0.283 e. The van der Waals surface area contributed by atoms with Gasteiger partial charge in [0.1, 0.15) is 5.04 Å². The lowest BCUT2D eigenvalue weighted by Gasteiger charge is -2.26. The lowest BCUT2D eigenvalue weighted by Crippen LogP contribution is -2.36. The quantitative estimate of drug-likeness (QED) is 0.639. The van der Waals surface area contributed by atoms with Gasteiger partial charge in [0.15, 0.2) is 5.84 Å². The fourth-order valence-corrected chi connectivity index (χ4v) is 5.50. The normalized spacial score (nSPS) is 19.2. The Bertz CT molecular complexity index is 1280. The zero-order valence-corrected chi connectivity index (χ0v) is 20.8. The zero-order chi connectivity index (χ0) is 24.5. The standard InChI is InChI=1S/C26H28N6O2S/c1-17-13-20(18(2)31(17)16-19-9-5-3-6-10-19)14-21-24(27)32-26(28-25(21)34)35-22(29-32)15-23(33)30-11-7-4-8-12-30/h3,5-6,9-10,13-14,27H,4,7-8,11-12,15-16H2,1-2H3/b21-14+,27-24?. The van der Waals surface area contributed by atoms with Crippen LogP contribution in [-0.2, 0) is 16.1 Å². The Morgan fingerprint density at radius 3 is 2.63 bits per heavy atom. The van der Waals surface area contributed by atoms with Crippen LogP contribution < -0.4 is 0 Å². The molecule has 4 heterocycles. The summed E-state index contributed by atoms with van der Waals surface area (Å²) in [6.45, 7) is 6.35. The molecule has 2 amide bonds. The molecule has 2 aromatic rings. The van der Waals surface area contributed by atoms with Gasteiger partial charge in [-0.2, -0.15) is 15.1 Å². The summed E-state index contributed by atoms with van der Waals surface area (Å²) < 4.78 is 2.20. The molecule has 9 heteroatoms. The first kappa shape index (κ1) is 23.3. The molecule has 1 aromatic carbocycles. The molecule has 0 saturated carbocycles. The Morgan fingerprint density at radius 1 is 1.14 bits per heavy atom. The number of nitrogens with zero attached hydrogens (tertiary/aromatic N) is 5. The number of nitrogens with one attached hydrogen (secondary N) is 1. The predicted octanol–water partition coefficient (Wildman–Crippen LogP) is 4.18. The van der Waals surface area contributed by atoms with Crippen molar-refractivity contribution in [2.45, 2.75) is 46.1 Å². The third-order valence-electron chi connectivity index (χ3n) is 6.60. The third kappa shape index (κ3) is 4.73. The van der Waals surface area contributed by atoms with Gasteiger partial charge in [-0.25, -0.2) is 0 Å². The average molecular weight is 489 g/mol. The highest BCUT2D eigenvalue weighted by Crippen LogP contribution is 2.30. The van der Waals surface area contributed by atoms with Crippen LogP contribution in [0.1, 0.15) is 48.2 Å².